The highest BCUT2D eigenvalue weighted by molar-refractivity contribution is 7.09. The van der Waals surface area contributed by atoms with Gasteiger partial charge in [0.1, 0.15) is 0 Å². The first-order chi connectivity index (χ1) is 9.12. The molecule has 0 amide bonds. The molecule has 1 aromatic heterocycles. The number of aromatic nitrogens is 1. The van der Waals surface area contributed by atoms with E-state index >= 15 is 0 Å². The molecule has 0 aromatic carbocycles. The molecule has 1 aliphatic heterocycles. The minimum absolute atomic E-state index is 0.144. The molecule has 0 aliphatic carbocycles. The summed E-state index contributed by atoms with van der Waals surface area (Å²) in [5.41, 5.74) is 6.72. The van der Waals surface area contributed by atoms with Crippen LogP contribution in [0.1, 0.15) is 44.8 Å². The van der Waals surface area contributed by atoms with E-state index in [0.717, 1.165) is 23.7 Å². The third-order valence-electron chi connectivity index (χ3n) is 4.50. The Morgan fingerprint density at radius 1 is 1.40 bits per heavy atom. The second kappa shape index (κ2) is 5.05. The zero-order valence-corrected chi connectivity index (χ0v) is 14.3. The maximum atomic E-state index is 6.27. The van der Waals surface area contributed by atoms with E-state index in [1.54, 1.807) is 11.3 Å². The first-order valence-corrected chi connectivity index (χ1v) is 8.02. The Morgan fingerprint density at radius 2 is 2.05 bits per heavy atom. The van der Waals surface area contributed by atoms with Gasteiger partial charge in [-0.05, 0) is 48.1 Å². The molecule has 2 heterocycles. The molecule has 114 valence electrons. The average molecular weight is 297 g/mol. The third kappa shape index (κ3) is 2.64. The van der Waals surface area contributed by atoms with Crippen molar-refractivity contribution in [2.45, 2.75) is 64.3 Å². The zero-order valence-electron chi connectivity index (χ0n) is 13.5. The molecule has 1 aromatic rings. The van der Waals surface area contributed by atoms with Gasteiger partial charge in [0.05, 0.1) is 27.4 Å². The van der Waals surface area contributed by atoms with Crippen molar-refractivity contribution in [1.29, 1.82) is 0 Å². The van der Waals surface area contributed by atoms with Crippen molar-refractivity contribution in [2.24, 2.45) is 5.73 Å². The van der Waals surface area contributed by atoms with Gasteiger partial charge >= 0.3 is 0 Å². The van der Waals surface area contributed by atoms with Crippen LogP contribution in [0.2, 0.25) is 0 Å². The van der Waals surface area contributed by atoms with Crippen LogP contribution in [0.5, 0.6) is 0 Å². The van der Waals surface area contributed by atoms with Crippen LogP contribution >= 0.6 is 11.3 Å². The smallest absolute Gasteiger partial charge is 0.0897 e. The molecule has 20 heavy (non-hydrogen) atoms. The molecule has 1 unspecified atom stereocenters. The highest BCUT2D eigenvalue weighted by Gasteiger charge is 2.58. The molecule has 1 aliphatic rings. The Bertz CT molecular complexity index is 483. The number of nitrogens with zero attached hydrogens (tertiary/aromatic N) is 2. The van der Waals surface area contributed by atoms with Gasteiger partial charge in [-0.25, -0.2) is 4.98 Å². The molecular weight excluding hydrogens is 270 g/mol. The molecule has 0 spiro atoms. The van der Waals surface area contributed by atoms with Crippen LogP contribution in [0.15, 0.2) is 5.38 Å². The van der Waals surface area contributed by atoms with Gasteiger partial charge in [-0.1, -0.05) is 0 Å². The summed E-state index contributed by atoms with van der Waals surface area (Å²) >= 11 is 1.69. The fraction of sp³-hybridized carbons (Fsp3) is 0.800. The molecule has 1 saturated heterocycles. The van der Waals surface area contributed by atoms with E-state index in [9.17, 15) is 0 Å². The molecule has 0 radical (unpaired) electrons. The van der Waals surface area contributed by atoms with Crippen LogP contribution in [0.25, 0.3) is 0 Å². The van der Waals surface area contributed by atoms with Crippen LogP contribution in [0.4, 0.5) is 0 Å². The number of hydrogen-bond donors (Lipinski definition) is 1. The van der Waals surface area contributed by atoms with Gasteiger partial charge in [0.25, 0.3) is 0 Å². The van der Waals surface area contributed by atoms with Crippen LogP contribution in [-0.4, -0.2) is 40.2 Å². The molecular formula is C15H27N3OS. The van der Waals surface area contributed by atoms with Gasteiger partial charge in [-0.15, -0.1) is 11.3 Å². The Morgan fingerprint density at radius 3 is 2.45 bits per heavy atom. The van der Waals surface area contributed by atoms with E-state index in [4.69, 9.17) is 10.5 Å². The van der Waals surface area contributed by atoms with Crippen molar-refractivity contribution in [2.75, 3.05) is 13.6 Å². The quantitative estimate of drug-likeness (QED) is 0.928. The van der Waals surface area contributed by atoms with Crippen molar-refractivity contribution in [3.05, 3.63) is 16.1 Å². The molecule has 2 rings (SSSR count). The summed E-state index contributed by atoms with van der Waals surface area (Å²) in [7, 11) is 2.13. The zero-order chi connectivity index (χ0) is 15.2. The SMILES string of the molecule is Cc1nc(CN(C)C2(CN)CC(C)(C)OC2(C)C)cs1. The van der Waals surface area contributed by atoms with Crippen molar-refractivity contribution in [3.63, 3.8) is 0 Å². The maximum absolute atomic E-state index is 6.27. The Kier molecular flexibility index (Phi) is 4.02. The van der Waals surface area contributed by atoms with Crippen molar-refractivity contribution in [3.8, 4) is 0 Å². The number of ether oxygens (including phenoxy) is 1. The topological polar surface area (TPSA) is 51.4 Å². The van der Waals surface area contributed by atoms with E-state index in [-0.39, 0.29) is 16.7 Å². The summed E-state index contributed by atoms with van der Waals surface area (Å²) in [6, 6.07) is 0. The van der Waals surface area contributed by atoms with E-state index in [2.05, 4.69) is 50.0 Å². The summed E-state index contributed by atoms with van der Waals surface area (Å²) in [5, 5.41) is 3.24. The molecule has 4 nitrogen and oxygen atoms in total. The normalized spacial score (nSPS) is 28.2. The second-order valence-electron chi connectivity index (χ2n) is 7.00. The van der Waals surface area contributed by atoms with Crippen LogP contribution in [0, 0.1) is 6.92 Å². The summed E-state index contributed by atoms with van der Waals surface area (Å²) < 4.78 is 6.27. The predicted molar refractivity (Wildman–Crippen MR) is 84.0 cm³/mol. The van der Waals surface area contributed by atoms with Crippen LogP contribution in [0.3, 0.4) is 0 Å². The highest BCUT2D eigenvalue weighted by Crippen LogP contribution is 2.47. The molecule has 1 fully saturated rings. The second-order valence-corrected chi connectivity index (χ2v) is 8.06. The van der Waals surface area contributed by atoms with E-state index in [1.165, 1.54) is 0 Å². The minimum Gasteiger partial charge on any atom is -0.368 e. The van der Waals surface area contributed by atoms with Gasteiger partial charge in [0, 0.05) is 18.5 Å². The molecule has 0 saturated carbocycles. The number of aryl methyl sites for hydroxylation is 1. The van der Waals surface area contributed by atoms with Crippen molar-refractivity contribution >= 4 is 11.3 Å². The Balaban J connectivity index is 2.26. The summed E-state index contributed by atoms with van der Waals surface area (Å²) in [4.78, 5) is 6.90. The van der Waals surface area contributed by atoms with Gasteiger partial charge in [0.15, 0.2) is 0 Å². The predicted octanol–water partition coefficient (Wildman–Crippen LogP) is 2.56. The number of nitrogens with two attached hydrogens (primary N) is 1. The molecule has 1 atom stereocenters. The molecule has 5 heteroatoms. The molecule has 2 N–H and O–H groups in total. The Hall–Kier alpha value is -0.490. The van der Waals surface area contributed by atoms with Gasteiger partial charge in [0.2, 0.25) is 0 Å². The maximum Gasteiger partial charge on any atom is 0.0897 e. The van der Waals surface area contributed by atoms with Crippen LogP contribution < -0.4 is 5.73 Å². The van der Waals surface area contributed by atoms with Crippen molar-refractivity contribution < 1.29 is 4.74 Å². The summed E-state index contributed by atoms with van der Waals surface area (Å²) in [6.45, 7) is 12.0. The van der Waals surface area contributed by atoms with E-state index < -0.39 is 0 Å². The highest BCUT2D eigenvalue weighted by atomic mass is 32.1. The first-order valence-electron chi connectivity index (χ1n) is 7.14. The van der Waals surface area contributed by atoms with Crippen molar-refractivity contribution in [1.82, 2.24) is 9.88 Å². The lowest BCUT2D eigenvalue weighted by molar-refractivity contribution is -0.101. The summed E-state index contributed by atoms with van der Waals surface area (Å²) in [6.07, 6.45) is 0.934. The lowest BCUT2D eigenvalue weighted by Gasteiger charge is -2.45. The number of rotatable bonds is 4. The monoisotopic (exact) mass is 297 g/mol. The number of thiazole rings is 1. The fourth-order valence-electron chi connectivity index (χ4n) is 3.68. The van der Waals surface area contributed by atoms with Gasteiger partial charge in [-0.3, -0.25) is 4.90 Å². The van der Waals surface area contributed by atoms with E-state index in [0.29, 0.717) is 6.54 Å². The first kappa shape index (κ1) is 15.9. The minimum atomic E-state index is -0.273. The summed E-state index contributed by atoms with van der Waals surface area (Å²) in [5.74, 6) is 0. The molecule has 0 bridgehead atoms. The van der Waals surface area contributed by atoms with Gasteiger partial charge < -0.3 is 10.5 Å². The standard InChI is InChI=1S/C15H27N3OS/c1-11-17-12(8-20-11)7-18(6)15(10-16)9-13(2,3)19-14(15,4)5/h8H,7,9-10,16H2,1-6H3. The van der Waals surface area contributed by atoms with Gasteiger partial charge in [-0.2, -0.15) is 0 Å². The largest absolute Gasteiger partial charge is 0.368 e. The van der Waals surface area contributed by atoms with E-state index in [1.807, 2.05) is 6.92 Å². The average Bonchev–Trinajstić information content (AvgIpc) is 2.77. The Labute approximate surface area is 126 Å². The van der Waals surface area contributed by atoms with Crippen LogP contribution in [-0.2, 0) is 11.3 Å². The number of hydrogen-bond acceptors (Lipinski definition) is 5. The number of likely N-dealkylation sites (N-methyl/N-ethyl adjacent to an activating group) is 1. The fourth-order valence-corrected chi connectivity index (χ4v) is 4.29. The third-order valence-corrected chi connectivity index (χ3v) is 5.33. The lowest BCUT2D eigenvalue weighted by Crippen LogP contribution is -2.61. The lowest BCUT2D eigenvalue weighted by atomic mass is 9.77.